The van der Waals surface area contributed by atoms with Crippen LogP contribution in [0.25, 0.3) is 22.0 Å². The fourth-order valence-electron chi connectivity index (χ4n) is 7.12. The minimum absolute atomic E-state index is 0.00700. The van der Waals surface area contributed by atoms with Gasteiger partial charge in [0.2, 0.25) is 11.5 Å². The molecule has 1 aromatic heterocycles. The Morgan fingerprint density at radius 1 is 0.950 bits per heavy atom. The zero-order chi connectivity index (χ0) is 43.0. The number of amides is 2. The second-order valence-corrected chi connectivity index (χ2v) is 21.9. The molecule has 12 nitrogen and oxygen atoms in total. The van der Waals surface area contributed by atoms with Crippen molar-refractivity contribution in [1.29, 1.82) is 0 Å². The summed E-state index contributed by atoms with van der Waals surface area (Å²) in [5.41, 5.74) is 4.79. The van der Waals surface area contributed by atoms with Crippen molar-refractivity contribution < 1.29 is 28.6 Å². The van der Waals surface area contributed by atoms with E-state index in [1.165, 1.54) is 6.07 Å². The van der Waals surface area contributed by atoms with E-state index >= 15 is 0 Å². The van der Waals surface area contributed by atoms with Crippen molar-refractivity contribution in [1.82, 2.24) is 15.2 Å². The fourth-order valence-corrected chi connectivity index (χ4v) is 8.63. The number of anilines is 2. The van der Waals surface area contributed by atoms with E-state index in [0.717, 1.165) is 22.3 Å². The number of phenols is 1. The molecule has 1 aliphatic rings. The Morgan fingerprint density at radius 3 is 2.38 bits per heavy atom. The van der Waals surface area contributed by atoms with Gasteiger partial charge in [-0.25, -0.2) is 4.79 Å². The summed E-state index contributed by atoms with van der Waals surface area (Å²) >= 11 is 6.74. The number of rotatable bonds is 15. The highest BCUT2D eigenvalue weighted by Gasteiger charge is 2.40. The van der Waals surface area contributed by atoms with Crippen LogP contribution in [0.1, 0.15) is 57.3 Å². The van der Waals surface area contributed by atoms with Gasteiger partial charge in [0.25, 0.3) is 0 Å². The standard InChI is InChI=1S/C46H56ClN5O7Si/c1-46(2,3)60(5,6)59-41(34-16-18-39(53)44-35(34)17-19-42(54)51-44)29-48-28-31-26-36(47)38(27-40(31)57-4)49-43(55)22-25-52-23-20-32(21-24-52)58-45(56)50-37-15-11-10-14-33(37)30-12-8-7-9-13-30/h7-19,26-27,32,41,48,53H,20-25,28-29H2,1-6H3,(H,49,55)(H,50,56)(H,51,54)/t41-/m0/s1. The van der Waals surface area contributed by atoms with E-state index in [1.807, 2.05) is 60.7 Å². The maximum atomic E-state index is 13.1. The van der Waals surface area contributed by atoms with Crippen LogP contribution in [0.5, 0.6) is 11.5 Å². The molecule has 1 aliphatic heterocycles. The summed E-state index contributed by atoms with van der Waals surface area (Å²) in [6.07, 6.45) is 0.513. The molecule has 4 aromatic carbocycles. The van der Waals surface area contributed by atoms with Crippen molar-refractivity contribution in [2.45, 2.75) is 76.9 Å². The highest BCUT2D eigenvalue weighted by molar-refractivity contribution is 6.74. The van der Waals surface area contributed by atoms with Crippen molar-refractivity contribution in [3.63, 3.8) is 0 Å². The number of nitrogens with zero attached hydrogens (tertiary/aromatic N) is 1. The van der Waals surface area contributed by atoms with Crippen LogP contribution in [0.2, 0.25) is 23.2 Å². The van der Waals surface area contributed by atoms with Gasteiger partial charge in [0.15, 0.2) is 8.32 Å². The average molecular weight is 855 g/mol. The smallest absolute Gasteiger partial charge is 0.411 e. The lowest BCUT2D eigenvalue weighted by molar-refractivity contribution is -0.116. The number of pyridine rings is 1. The van der Waals surface area contributed by atoms with Gasteiger partial charge in [-0.05, 0) is 66.4 Å². The number of aromatic hydroxyl groups is 1. The number of halogens is 1. The lowest BCUT2D eigenvalue weighted by atomic mass is 10.0. The topological polar surface area (TPSA) is 154 Å². The summed E-state index contributed by atoms with van der Waals surface area (Å²) in [6, 6.07) is 27.7. The quantitative estimate of drug-likeness (QED) is 0.0648. The zero-order valence-electron chi connectivity index (χ0n) is 35.2. The number of ether oxygens (including phenoxy) is 2. The maximum absolute atomic E-state index is 13.1. The van der Waals surface area contributed by atoms with Gasteiger partial charge >= 0.3 is 6.09 Å². The first-order chi connectivity index (χ1) is 28.6. The van der Waals surface area contributed by atoms with Crippen LogP contribution in [0, 0.1) is 0 Å². The van der Waals surface area contributed by atoms with Gasteiger partial charge in [0.05, 0.1) is 35.1 Å². The number of hydrogen-bond acceptors (Lipinski definition) is 9. The predicted octanol–water partition coefficient (Wildman–Crippen LogP) is 9.46. The fraction of sp³-hybridized carbons (Fsp3) is 0.370. The molecular weight excluding hydrogens is 798 g/mol. The molecule has 2 heterocycles. The first kappa shape index (κ1) is 44.4. The summed E-state index contributed by atoms with van der Waals surface area (Å²) in [4.78, 5) is 43.1. The van der Waals surface area contributed by atoms with Gasteiger partial charge in [0, 0.05) is 67.8 Å². The molecule has 1 fully saturated rings. The number of phenolic OH excluding ortho intramolecular Hbond substituents is 1. The molecule has 0 aliphatic carbocycles. The highest BCUT2D eigenvalue weighted by Crippen LogP contribution is 2.41. The van der Waals surface area contributed by atoms with Gasteiger partial charge in [-0.2, -0.15) is 0 Å². The summed E-state index contributed by atoms with van der Waals surface area (Å²) in [5, 5.41) is 21.0. The Labute approximate surface area is 357 Å². The van der Waals surface area contributed by atoms with Gasteiger partial charge in [-0.15, -0.1) is 0 Å². The number of methoxy groups -OCH3 is 1. The molecule has 1 saturated heterocycles. The average Bonchev–Trinajstić information content (AvgIpc) is 3.21. The van der Waals surface area contributed by atoms with E-state index in [2.05, 4.69) is 59.7 Å². The molecule has 0 unspecified atom stereocenters. The lowest BCUT2D eigenvalue weighted by Crippen LogP contribution is -2.43. The molecule has 0 spiro atoms. The van der Waals surface area contributed by atoms with Crippen LogP contribution in [0.4, 0.5) is 16.2 Å². The molecule has 14 heteroatoms. The molecule has 6 rings (SSSR count). The van der Waals surface area contributed by atoms with Crippen LogP contribution in [-0.2, 0) is 20.5 Å². The molecule has 2 amide bonds. The van der Waals surface area contributed by atoms with Gasteiger partial charge in [0.1, 0.15) is 17.6 Å². The Morgan fingerprint density at radius 2 is 1.67 bits per heavy atom. The Hall–Kier alpha value is -5.18. The number of nitrogens with one attached hydrogen (secondary N) is 4. The number of hydrogen-bond donors (Lipinski definition) is 5. The second-order valence-electron chi connectivity index (χ2n) is 16.7. The highest BCUT2D eigenvalue weighted by atomic mass is 35.5. The van der Waals surface area contributed by atoms with Crippen molar-refractivity contribution >= 4 is 54.2 Å². The van der Waals surface area contributed by atoms with E-state index in [4.69, 9.17) is 25.5 Å². The number of carbonyl (C=O) groups excluding carboxylic acids is 2. The van der Waals surface area contributed by atoms with E-state index < -0.39 is 20.5 Å². The zero-order valence-corrected chi connectivity index (χ0v) is 36.9. The van der Waals surface area contributed by atoms with Crippen LogP contribution in [0.15, 0.2) is 95.8 Å². The molecule has 60 heavy (non-hydrogen) atoms. The van der Waals surface area contributed by atoms with Crippen molar-refractivity contribution in [3.8, 4) is 22.6 Å². The monoisotopic (exact) mass is 853 g/mol. The van der Waals surface area contributed by atoms with Crippen molar-refractivity contribution in [3.05, 3.63) is 117 Å². The van der Waals surface area contributed by atoms with Crippen LogP contribution in [0.3, 0.4) is 0 Å². The van der Waals surface area contributed by atoms with Crippen LogP contribution >= 0.6 is 11.6 Å². The van der Waals surface area contributed by atoms with E-state index in [9.17, 15) is 19.5 Å². The molecular formula is C46H56ClN5O7Si. The Bertz CT molecular complexity index is 2340. The number of benzene rings is 4. The maximum Gasteiger partial charge on any atom is 0.411 e. The van der Waals surface area contributed by atoms with E-state index in [-0.39, 0.29) is 34.8 Å². The van der Waals surface area contributed by atoms with Crippen molar-refractivity contribution in [2.75, 3.05) is 43.9 Å². The summed E-state index contributed by atoms with van der Waals surface area (Å²) in [7, 11) is -0.701. The number of aromatic amines is 1. The third-order valence-corrected chi connectivity index (χ3v) is 16.3. The van der Waals surface area contributed by atoms with Gasteiger partial charge < -0.3 is 39.5 Å². The number of carbonyl (C=O) groups is 2. The minimum Gasteiger partial charge on any atom is -0.506 e. The molecule has 5 N–H and O–H groups in total. The summed E-state index contributed by atoms with van der Waals surface area (Å²) < 4.78 is 18.5. The largest absolute Gasteiger partial charge is 0.506 e. The van der Waals surface area contributed by atoms with E-state index in [1.54, 1.807) is 31.4 Å². The molecule has 318 valence electrons. The predicted molar refractivity (Wildman–Crippen MR) is 242 cm³/mol. The molecule has 1 atom stereocenters. The summed E-state index contributed by atoms with van der Waals surface area (Å²) in [5.74, 6) is 0.381. The SMILES string of the molecule is COc1cc(NC(=O)CCN2CCC(OC(=O)Nc3ccccc3-c3ccccc3)CC2)c(Cl)cc1CNC[C@H](O[Si](C)(C)C(C)(C)C)c1ccc(O)c2[nH]c(=O)ccc12. The molecule has 5 aromatic rings. The Kier molecular flexibility index (Phi) is 14.4. The molecule has 0 bridgehead atoms. The van der Waals surface area contributed by atoms with E-state index in [0.29, 0.717) is 78.6 Å². The number of fused-ring (bicyclic) bond motifs is 1. The van der Waals surface area contributed by atoms with Crippen LogP contribution in [-0.4, -0.2) is 74.7 Å². The third-order valence-electron chi connectivity index (χ3n) is 11.5. The minimum atomic E-state index is -2.28. The van der Waals surface area contributed by atoms with Gasteiger partial charge in [-0.3, -0.25) is 14.9 Å². The number of likely N-dealkylation sites (tertiary alicyclic amines) is 1. The van der Waals surface area contributed by atoms with Crippen LogP contribution < -0.4 is 26.2 Å². The van der Waals surface area contributed by atoms with Crippen molar-refractivity contribution in [2.24, 2.45) is 0 Å². The second kappa shape index (κ2) is 19.5. The number of H-pyrrole nitrogens is 1. The number of para-hydroxylation sites is 1. The molecule has 0 radical (unpaired) electrons. The normalized spacial score (nSPS) is 14.4. The number of piperidine rings is 1. The summed E-state index contributed by atoms with van der Waals surface area (Å²) in [6.45, 7) is 13.7. The lowest BCUT2D eigenvalue weighted by Gasteiger charge is -2.39. The molecule has 0 saturated carbocycles. The third kappa shape index (κ3) is 11.1. The first-order valence-corrected chi connectivity index (χ1v) is 23.6. The Balaban J connectivity index is 1.01. The first-order valence-electron chi connectivity index (χ1n) is 20.4. The van der Waals surface area contributed by atoms with Gasteiger partial charge in [-0.1, -0.05) is 87.0 Å². The number of aromatic nitrogens is 1.